The summed E-state index contributed by atoms with van der Waals surface area (Å²) in [5.41, 5.74) is 4.09. The van der Waals surface area contributed by atoms with Gasteiger partial charge in [-0.3, -0.25) is 14.4 Å². The largest absolute Gasteiger partial charge is 0.492 e. The highest BCUT2D eigenvalue weighted by Gasteiger charge is 2.18. The van der Waals surface area contributed by atoms with E-state index in [-0.39, 0.29) is 12.5 Å². The van der Waals surface area contributed by atoms with Gasteiger partial charge in [-0.05, 0) is 25.1 Å². The van der Waals surface area contributed by atoms with E-state index in [0.717, 1.165) is 42.3 Å². The van der Waals surface area contributed by atoms with Crippen LogP contribution in [-0.2, 0) is 29.7 Å². The van der Waals surface area contributed by atoms with Crippen molar-refractivity contribution < 1.29 is 14.3 Å². The van der Waals surface area contributed by atoms with Crippen molar-refractivity contribution in [1.82, 2.24) is 14.7 Å². The number of aromatic nitrogens is 2. The molecule has 0 bridgehead atoms. The molecule has 1 N–H and O–H groups in total. The number of aryl methyl sites for hydroxylation is 2. The van der Waals surface area contributed by atoms with E-state index in [1.165, 1.54) is 12.7 Å². The highest BCUT2D eigenvalue weighted by Crippen LogP contribution is 2.27. The van der Waals surface area contributed by atoms with Crippen LogP contribution >= 0.6 is 0 Å². The fourth-order valence-corrected chi connectivity index (χ4v) is 3.03. The molecule has 7 heteroatoms. The molecule has 0 radical (unpaired) electrons. The number of methoxy groups -OCH3 is 1. The third-order valence-electron chi connectivity index (χ3n) is 4.19. The number of carbonyl (C=O) groups excluding carboxylic acids is 1. The quantitative estimate of drug-likeness (QED) is 0.894. The second-order valence-corrected chi connectivity index (χ2v) is 6.28. The number of benzene rings is 1. The highest BCUT2D eigenvalue weighted by molar-refractivity contribution is 5.91. The molecule has 0 saturated heterocycles. The van der Waals surface area contributed by atoms with Gasteiger partial charge in [0.2, 0.25) is 5.91 Å². The van der Waals surface area contributed by atoms with Gasteiger partial charge in [0.15, 0.2) is 0 Å². The van der Waals surface area contributed by atoms with Gasteiger partial charge in [-0.1, -0.05) is 0 Å². The van der Waals surface area contributed by atoms with E-state index in [4.69, 9.17) is 9.47 Å². The summed E-state index contributed by atoms with van der Waals surface area (Å²) in [4.78, 5) is 14.0. The van der Waals surface area contributed by atoms with Gasteiger partial charge in [0, 0.05) is 56.8 Å². The molecule has 0 saturated carbocycles. The maximum Gasteiger partial charge on any atom is 0.250 e. The number of fused-ring (bicyclic) bond motifs is 1. The Labute approximate surface area is 147 Å². The van der Waals surface area contributed by atoms with Gasteiger partial charge < -0.3 is 14.8 Å². The topological polar surface area (TPSA) is 68.6 Å². The molecule has 1 aromatic carbocycles. The van der Waals surface area contributed by atoms with Crippen molar-refractivity contribution in [3.05, 3.63) is 41.2 Å². The predicted octanol–water partition coefficient (Wildman–Crippen LogP) is 1.71. The third kappa shape index (κ3) is 4.37. The van der Waals surface area contributed by atoms with Gasteiger partial charge in [0.05, 0.1) is 5.69 Å². The van der Waals surface area contributed by atoms with Gasteiger partial charge in [0.25, 0.3) is 0 Å². The average Bonchev–Trinajstić information content (AvgIpc) is 2.76. The zero-order valence-corrected chi connectivity index (χ0v) is 14.9. The second-order valence-electron chi connectivity index (χ2n) is 6.28. The van der Waals surface area contributed by atoms with Crippen molar-refractivity contribution in [2.45, 2.75) is 20.0 Å². The van der Waals surface area contributed by atoms with Crippen molar-refractivity contribution >= 4 is 11.6 Å². The SMILES string of the molecule is COCC(=O)Nc1ccc2c(c1)CN(Cc1cn(C)nc1C)CCO2. The molecule has 0 fully saturated rings. The molecule has 25 heavy (non-hydrogen) atoms. The maximum atomic E-state index is 11.7. The zero-order chi connectivity index (χ0) is 17.8. The van der Waals surface area contributed by atoms with Crippen LogP contribution in [0.5, 0.6) is 5.75 Å². The third-order valence-corrected chi connectivity index (χ3v) is 4.19. The standard InChI is InChI=1S/C18H24N4O3/c1-13-15(9-21(2)20-13)11-22-6-7-25-17-5-4-16(8-14(17)10-22)19-18(23)12-24-3/h4-5,8-9H,6-7,10-12H2,1-3H3,(H,19,23). The van der Waals surface area contributed by atoms with Gasteiger partial charge in [-0.2, -0.15) is 5.10 Å². The number of nitrogens with zero attached hydrogens (tertiary/aromatic N) is 3. The molecule has 2 aromatic rings. The fraction of sp³-hybridized carbons (Fsp3) is 0.444. The Hall–Kier alpha value is -2.38. The highest BCUT2D eigenvalue weighted by atomic mass is 16.5. The van der Waals surface area contributed by atoms with E-state index in [1.54, 1.807) is 0 Å². The number of hydrogen-bond acceptors (Lipinski definition) is 5. The minimum absolute atomic E-state index is 0.0417. The van der Waals surface area contributed by atoms with Crippen LogP contribution in [-0.4, -0.2) is 47.5 Å². The van der Waals surface area contributed by atoms with E-state index in [2.05, 4.69) is 21.5 Å². The molecule has 1 aliphatic rings. The van der Waals surface area contributed by atoms with Crippen molar-refractivity contribution in [2.75, 3.05) is 32.2 Å². The van der Waals surface area contributed by atoms with Crippen LogP contribution in [0.4, 0.5) is 5.69 Å². The number of amides is 1. The van der Waals surface area contributed by atoms with Crippen LogP contribution in [0.15, 0.2) is 24.4 Å². The van der Waals surface area contributed by atoms with Crippen molar-refractivity contribution in [2.24, 2.45) is 7.05 Å². The Kier molecular flexibility index (Phi) is 5.35. The number of ether oxygens (including phenoxy) is 2. The number of carbonyl (C=O) groups is 1. The number of rotatable bonds is 5. The Morgan fingerprint density at radius 1 is 1.44 bits per heavy atom. The smallest absolute Gasteiger partial charge is 0.250 e. The van der Waals surface area contributed by atoms with Crippen LogP contribution in [0.2, 0.25) is 0 Å². The van der Waals surface area contributed by atoms with Crippen LogP contribution in [0, 0.1) is 6.92 Å². The Bertz CT molecular complexity index is 757. The Balaban J connectivity index is 1.74. The molecular weight excluding hydrogens is 320 g/mol. The van der Waals surface area contributed by atoms with Crippen LogP contribution in [0.3, 0.4) is 0 Å². The first-order chi connectivity index (χ1) is 12.0. The van der Waals surface area contributed by atoms with Crippen molar-refractivity contribution in [3.8, 4) is 5.75 Å². The van der Waals surface area contributed by atoms with Gasteiger partial charge in [-0.25, -0.2) is 0 Å². The van der Waals surface area contributed by atoms with Gasteiger partial charge in [0.1, 0.15) is 19.0 Å². The lowest BCUT2D eigenvalue weighted by Gasteiger charge is -2.19. The molecule has 1 aromatic heterocycles. The summed E-state index contributed by atoms with van der Waals surface area (Å²) in [6, 6.07) is 5.74. The van der Waals surface area contributed by atoms with E-state index in [1.807, 2.05) is 36.9 Å². The molecule has 0 atom stereocenters. The van der Waals surface area contributed by atoms with Crippen LogP contribution < -0.4 is 10.1 Å². The summed E-state index contributed by atoms with van der Waals surface area (Å²) in [6.45, 7) is 5.14. The first-order valence-corrected chi connectivity index (χ1v) is 8.31. The molecule has 7 nitrogen and oxygen atoms in total. The lowest BCUT2D eigenvalue weighted by Crippen LogP contribution is -2.25. The maximum absolute atomic E-state index is 11.7. The zero-order valence-electron chi connectivity index (χ0n) is 14.9. The normalized spacial score (nSPS) is 14.5. The minimum atomic E-state index is -0.167. The summed E-state index contributed by atoms with van der Waals surface area (Å²) >= 11 is 0. The minimum Gasteiger partial charge on any atom is -0.492 e. The first-order valence-electron chi connectivity index (χ1n) is 8.31. The summed E-state index contributed by atoms with van der Waals surface area (Å²) in [7, 11) is 3.44. The molecule has 0 unspecified atom stereocenters. The van der Waals surface area contributed by atoms with E-state index in [9.17, 15) is 4.79 Å². The van der Waals surface area contributed by atoms with Gasteiger partial charge >= 0.3 is 0 Å². The summed E-state index contributed by atoms with van der Waals surface area (Å²) in [5.74, 6) is 0.704. The lowest BCUT2D eigenvalue weighted by molar-refractivity contribution is -0.119. The van der Waals surface area contributed by atoms with Crippen molar-refractivity contribution in [1.29, 1.82) is 0 Å². The summed E-state index contributed by atoms with van der Waals surface area (Å²) in [5, 5.41) is 7.25. The molecule has 2 heterocycles. The molecule has 134 valence electrons. The monoisotopic (exact) mass is 344 g/mol. The average molecular weight is 344 g/mol. The molecule has 1 amide bonds. The Morgan fingerprint density at radius 2 is 2.28 bits per heavy atom. The molecular formula is C18H24N4O3. The van der Waals surface area contributed by atoms with Crippen LogP contribution in [0.1, 0.15) is 16.8 Å². The fourth-order valence-electron chi connectivity index (χ4n) is 3.03. The Morgan fingerprint density at radius 3 is 3.00 bits per heavy atom. The second kappa shape index (κ2) is 7.67. The lowest BCUT2D eigenvalue weighted by atomic mass is 10.1. The summed E-state index contributed by atoms with van der Waals surface area (Å²) < 4.78 is 12.6. The number of hydrogen-bond donors (Lipinski definition) is 1. The van der Waals surface area contributed by atoms with E-state index >= 15 is 0 Å². The van der Waals surface area contributed by atoms with E-state index < -0.39 is 0 Å². The van der Waals surface area contributed by atoms with E-state index in [0.29, 0.717) is 6.61 Å². The predicted molar refractivity (Wildman–Crippen MR) is 94.5 cm³/mol. The molecule has 1 aliphatic heterocycles. The van der Waals surface area contributed by atoms with Crippen molar-refractivity contribution in [3.63, 3.8) is 0 Å². The number of nitrogens with one attached hydrogen (secondary N) is 1. The summed E-state index contributed by atoms with van der Waals surface area (Å²) in [6.07, 6.45) is 2.06. The van der Waals surface area contributed by atoms with Gasteiger partial charge in [-0.15, -0.1) is 0 Å². The molecule has 0 aliphatic carbocycles. The van der Waals surface area contributed by atoms with Crippen LogP contribution in [0.25, 0.3) is 0 Å². The molecule has 0 spiro atoms. The number of anilines is 1. The first kappa shape index (κ1) is 17.4. The molecule has 3 rings (SSSR count).